The van der Waals surface area contributed by atoms with Crippen molar-refractivity contribution in [3.8, 4) is 5.75 Å². The Balaban J connectivity index is 2.20. The molecule has 0 aliphatic carbocycles. The van der Waals surface area contributed by atoms with Gasteiger partial charge in [-0.2, -0.15) is 0 Å². The highest BCUT2D eigenvalue weighted by Crippen LogP contribution is 2.31. The average molecular weight is 250 g/mol. The molecule has 1 fully saturated rings. The molecule has 1 saturated heterocycles. The van der Waals surface area contributed by atoms with Crippen LogP contribution in [0.1, 0.15) is 31.6 Å². The third kappa shape index (κ3) is 2.80. The summed E-state index contributed by atoms with van der Waals surface area (Å²) in [6.45, 7) is 2.54. The fourth-order valence-electron chi connectivity index (χ4n) is 1.61. The molecule has 0 aromatic heterocycles. The highest BCUT2D eigenvalue weighted by molar-refractivity contribution is 5.92. The van der Waals surface area contributed by atoms with E-state index < -0.39 is 18.2 Å². The van der Waals surface area contributed by atoms with Gasteiger partial charge in [0.1, 0.15) is 12.2 Å². The van der Waals surface area contributed by atoms with Crippen LogP contribution in [0, 0.1) is 0 Å². The quantitative estimate of drug-likeness (QED) is 0.604. The molecule has 1 aromatic rings. The van der Waals surface area contributed by atoms with Gasteiger partial charge in [-0.15, -0.1) is 0 Å². The van der Waals surface area contributed by atoms with Crippen molar-refractivity contribution < 1.29 is 23.8 Å². The molecule has 1 aliphatic heterocycles. The van der Waals surface area contributed by atoms with Gasteiger partial charge in [0, 0.05) is 0 Å². The molecular weight excluding hydrogens is 236 g/mol. The third-order valence-electron chi connectivity index (χ3n) is 2.40. The van der Waals surface area contributed by atoms with Gasteiger partial charge in [0.25, 0.3) is 6.29 Å². The predicted molar refractivity (Wildman–Crippen MR) is 61.8 cm³/mol. The number of esters is 2. The Morgan fingerprint density at radius 1 is 1.22 bits per heavy atom. The summed E-state index contributed by atoms with van der Waals surface area (Å²) in [7, 11) is 0. The van der Waals surface area contributed by atoms with Crippen LogP contribution in [-0.2, 0) is 19.1 Å². The maximum absolute atomic E-state index is 11.2. The van der Waals surface area contributed by atoms with Gasteiger partial charge in [-0.25, -0.2) is 0 Å². The maximum Gasteiger partial charge on any atom is 0.320 e. The average Bonchev–Trinajstić information content (AvgIpc) is 2.35. The van der Waals surface area contributed by atoms with Crippen molar-refractivity contribution in [3.05, 3.63) is 29.8 Å². The van der Waals surface area contributed by atoms with E-state index in [0.717, 1.165) is 6.42 Å². The van der Waals surface area contributed by atoms with Crippen molar-refractivity contribution >= 4 is 11.9 Å². The summed E-state index contributed by atoms with van der Waals surface area (Å²) in [4.78, 5) is 22.4. The second-order valence-corrected chi connectivity index (χ2v) is 3.87. The van der Waals surface area contributed by atoms with Crippen LogP contribution in [0.25, 0.3) is 0 Å². The highest BCUT2D eigenvalue weighted by Gasteiger charge is 2.30. The second kappa shape index (κ2) is 5.53. The van der Waals surface area contributed by atoms with Crippen molar-refractivity contribution in [3.63, 3.8) is 0 Å². The highest BCUT2D eigenvalue weighted by atomic mass is 16.7. The van der Waals surface area contributed by atoms with Crippen molar-refractivity contribution in [2.75, 3.05) is 6.61 Å². The van der Waals surface area contributed by atoms with Crippen LogP contribution in [0.5, 0.6) is 5.75 Å². The number of hydrogen-bond acceptors (Lipinski definition) is 5. The minimum atomic E-state index is -1.01. The van der Waals surface area contributed by atoms with Crippen molar-refractivity contribution in [2.24, 2.45) is 0 Å². The fraction of sp³-hybridized carbons (Fsp3) is 0.385. The van der Waals surface area contributed by atoms with E-state index in [1.165, 1.54) is 0 Å². The number of cyclic esters (lactones) is 2. The fourth-order valence-corrected chi connectivity index (χ4v) is 1.61. The Morgan fingerprint density at radius 2 is 1.89 bits per heavy atom. The molecule has 1 aromatic carbocycles. The Labute approximate surface area is 105 Å². The summed E-state index contributed by atoms with van der Waals surface area (Å²) in [6.07, 6.45) is -0.487. The van der Waals surface area contributed by atoms with E-state index in [4.69, 9.17) is 14.2 Å². The molecule has 0 radical (unpaired) electrons. The largest absolute Gasteiger partial charge is 0.493 e. The SMILES string of the molecule is CCCOc1ccccc1C1OC(=O)CC(=O)O1. The van der Waals surface area contributed by atoms with E-state index in [0.29, 0.717) is 17.9 Å². The Hall–Kier alpha value is -2.04. The molecule has 0 atom stereocenters. The number of ether oxygens (including phenoxy) is 3. The first-order valence-electron chi connectivity index (χ1n) is 5.81. The molecule has 5 nitrogen and oxygen atoms in total. The zero-order chi connectivity index (χ0) is 13.0. The number of benzene rings is 1. The summed E-state index contributed by atoms with van der Waals surface area (Å²) in [5.74, 6) is -0.602. The van der Waals surface area contributed by atoms with Gasteiger partial charge in [0.2, 0.25) is 0 Å². The lowest BCUT2D eigenvalue weighted by Gasteiger charge is -2.24. The van der Waals surface area contributed by atoms with Crippen LogP contribution >= 0.6 is 0 Å². The summed E-state index contributed by atoms with van der Waals surface area (Å²) in [5.41, 5.74) is 0.548. The van der Waals surface area contributed by atoms with E-state index in [2.05, 4.69) is 0 Å². The number of rotatable bonds is 4. The van der Waals surface area contributed by atoms with Crippen LogP contribution < -0.4 is 4.74 Å². The van der Waals surface area contributed by atoms with E-state index in [-0.39, 0.29) is 6.42 Å². The van der Waals surface area contributed by atoms with E-state index in [9.17, 15) is 9.59 Å². The molecule has 0 saturated carbocycles. The summed E-state index contributed by atoms with van der Waals surface area (Å²) >= 11 is 0. The van der Waals surface area contributed by atoms with Crippen molar-refractivity contribution in [1.29, 1.82) is 0 Å². The number of para-hydroxylation sites is 1. The van der Waals surface area contributed by atoms with Gasteiger partial charge < -0.3 is 14.2 Å². The normalized spacial score (nSPS) is 16.1. The van der Waals surface area contributed by atoms with Gasteiger partial charge in [0.15, 0.2) is 0 Å². The zero-order valence-electron chi connectivity index (χ0n) is 10.0. The molecule has 18 heavy (non-hydrogen) atoms. The molecule has 0 spiro atoms. The van der Waals surface area contributed by atoms with E-state index >= 15 is 0 Å². The van der Waals surface area contributed by atoms with Crippen LogP contribution in [0.2, 0.25) is 0 Å². The molecule has 1 heterocycles. The first-order valence-corrected chi connectivity index (χ1v) is 5.81. The third-order valence-corrected chi connectivity index (χ3v) is 2.40. The number of hydrogen-bond donors (Lipinski definition) is 0. The standard InChI is InChI=1S/C13H14O5/c1-2-7-16-10-6-4-3-5-9(10)13-17-11(14)8-12(15)18-13/h3-6,13H,2,7-8H2,1H3. The summed E-state index contributed by atoms with van der Waals surface area (Å²) in [6, 6.07) is 7.04. The lowest BCUT2D eigenvalue weighted by molar-refractivity contribution is -0.205. The van der Waals surface area contributed by atoms with Crippen LogP contribution in [0.4, 0.5) is 0 Å². The molecule has 0 N–H and O–H groups in total. The van der Waals surface area contributed by atoms with Gasteiger partial charge in [0.05, 0.1) is 12.2 Å². The Bertz CT molecular complexity index is 438. The number of carbonyl (C=O) groups excluding carboxylic acids is 2. The van der Waals surface area contributed by atoms with Gasteiger partial charge in [-0.3, -0.25) is 9.59 Å². The van der Waals surface area contributed by atoms with Crippen molar-refractivity contribution in [2.45, 2.75) is 26.1 Å². The van der Waals surface area contributed by atoms with Crippen LogP contribution in [0.15, 0.2) is 24.3 Å². The van der Waals surface area contributed by atoms with E-state index in [1.807, 2.05) is 6.92 Å². The lowest BCUT2D eigenvalue weighted by atomic mass is 10.2. The first-order chi connectivity index (χ1) is 8.70. The van der Waals surface area contributed by atoms with Crippen LogP contribution in [0.3, 0.4) is 0 Å². The monoisotopic (exact) mass is 250 g/mol. The molecular formula is C13H14O5. The zero-order valence-corrected chi connectivity index (χ0v) is 10.0. The first kappa shape index (κ1) is 12.4. The van der Waals surface area contributed by atoms with Crippen LogP contribution in [-0.4, -0.2) is 18.5 Å². The molecule has 0 unspecified atom stereocenters. The maximum atomic E-state index is 11.2. The summed E-state index contributed by atoms with van der Waals surface area (Å²) in [5, 5.41) is 0. The Morgan fingerprint density at radius 3 is 2.56 bits per heavy atom. The van der Waals surface area contributed by atoms with E-state index in [1.54, 1.807) is 24.3 Å². The van der Waals surface area contributed by atoms with Gasteiger partial charge in [-0.05, 0) is 18.6 Å². The molecule has 0 bridgehead atoms. The smallest absolute Gasteiger partial charge is 0.320 e. The predicted octanol–water partition coefficient (Wildman–Crippen LogP) is 1.96. The minimum Gasteiger partial charge on any atom is -0.493 e. The second-order valence-electron chi connectivity index (χ2n) is 3.87. The van der Waals surface area contributed by atoms with Crippen molar-refractivity contribution in [1.82, 2.24) is 0 Å². The molecule has 5 heteroatoms. The van der Waals surface area contributed by atoms with Gasteiger partial charge in [-0.1, -0.05) is 19.1 Å². The number of carbonyl (C=O) groups is 2. The minimum absolute atomic E-state index is 0.339. The molecule has 96 valence electrons. The van der Waals surface area contributed by atoms with Gasteiger partial charge >= 0.3 is 11.9 Å². The molecule has 2 rings (SSSR count). The summed E-state index contributed by atoms with van der Waals surface area (Å²) < 4.78 is 15.5. The molecule has 1 aliphatic rings. The Kier molecular flexibility index (Phi) is 3.82. The topological polar surface area (TPSA) is 61.8 Å². The molecule has 0 amide bonds. The lowest BCUT2D eigenvalue weighted by Crippen LogP contribution is -2.27.